The number of nitrogens with one attached hydrogen (secondary N) is 1. The number of guanidine groups is 1. The standard InChI is InChI=1S/C20H26F2N4O2.HI/c1-23-20(24-7-3-12-27-15-17-4-2-13-28-17)26-10-8-25(9-11-26)19-14-16(21)5-6-18(19)22;/h2,4-6,13-14H,3,7-12,15H2,1H3,(H,23,24);1H. The van der Waals surface area contributed by atoms with Gasteiger partial charge in [-0.3, -0.25) is 4.99 Å². The van der Waals surface area contributed by atoms with E-state index in [1.165, 1.54) is 12.1 Å². The number of hydrogen-bond donors (Lipinski definition) is 1. The van der Waals surface area contributed by atoms with Gasteiger partial charge in [0.25, 0.3) is 0 Å². The Kier molecular flexibility index (Phi) is 9.65. The first-order chi connectivity index (χ1) is 13.7. The molecule has 29 heavy (non-hydrogen) atoms. The Morgan fingerprint density at radius 2 is 2.00 bits per heavy atom. The van der Waals surface area contributed by atoms with Crippen molar-refractivity contribution in [2.45, 2.75) is 13.0 Å². The highest BCUT2D eigenvalue weighted by molar-refractivity contribution is 14.0. The summed E-state index contributed by atoms with van der Waals surface area (Å²) in [7, 11) is 1.74. The van der Waals surface area contributed by atoms with Crippen LogP contribution in [0.2, 0.25) is 0 Å². The third-order valence-electron chi connectivity index (χ3n) is 4.61. The Bertz CT molecular complexity index is 766. The SMILES string of the molecule is CN=C(NCCCOCc1ccco1)N1CCN(c2cc(F)ccc2F)CC1.I. The fourth-order valence-corrected chi connectivity index (χ4v) is 3.16. The maximum absolute atomic E-state index is 14.0. The van der Waals surface area contributed by atoms with Gasteiger partial charge in [0.05, 0.1) is 12.0 Å². The van der Waals surface area contributed by atoms with Crippen LogP contribution in [0.3, 0.4) is 0 Å². The van der Waals surface area contributed by atoms with Gasteiger partial charge in [-0.15, -0.1) is 24.0 Å². The van der Waals surface area contributed by atoms with Crippen LogP contribution in [0.5, 0.6) is 0 Å². The van der Waals surface area contributed by atoms with Gasteiger partial charge in [-0.05, 0) is 30.7 Å². The topological polar surface area (TPSA) is 53.2 Å². The van der Waals surface area contributed by atoms with Crippen molar-refractivity contribution in [3.05, 3.63) is 54.0 Å². The van der Waals surface area contributed by atoms with E-state index in [9.17, 15) is 8.78 Å². The summed E-state index contributed by atoms with van der Waals surface area (Å²) in [6.07, 6.45) is 2.47. The normalized spacial score (nSPS) is 14.7. The minimum absolute atomic E-state index is 0. The molecule has 1 N–H and O–H groups in total. The Labute approximate surface area is 186 Å². The molecule has 2 heterocycles. The fourth-order valence-electron chi connectivity index (χ4n) is 3.16. The van der Waals surface area contributed by atoms with Crippen LogP contribution >= 0.6 is 24.0 Å². The third kappa shape index (κ3) is 6.84. The molecule has 0 bridgehead atoms. The highest BCUT2D eigenvalue weighted by Gasteiger charge is 2.21. The average molecular weight is 520 g/mol. The molecule has 0 aliphatic carbocycles. The zero-order valence-electron chi connectivity index (χ0n) is 16.4. The van der Waals surface area contributed by atoms with Crippen molar-refractivity contribution in [3.8, 4) is 0 Å². The number of anilines is 1. The Morgan fingerprint density at radius 1 is 1.21 bits per heavy atom. The fraction of sp³-hybridized carbons (Fsp3) is 0.450. The Morgan fingerprint density at radius 3 is 2.69 bits per heavy atom. The van der Waals surface area contributed by atoms with E-state index >= 15 is 0 Å². The second kappa shape index (κ2) is 12.0. The smallest absolute Gasteiger partial charge is 0.193 e. The molecule has 1 aliphatic rings. The summed E-state index contributed by atoms with van der Waals surface area (Å²) in [5, 5.41) is 3.33. The highest BCUT2D eigenvalue weighted by Crippen LogP contribution is 2.21. The Hall–Kier alpha value is -1.88. The summed E-state index contributed by atoms with van der Waals surface area (Å²) >= 11 is 0. The van der Waals surface area contributed by atoms with E-state index in [4.69, 9.17) is 9.15 Å². The summed E-state index contributed by atoms with van der Waals surface area (Å²) in [5.74, 6) is 0.805. The van der Waals surface area contributed by atoms with Crippen molar-refractivity contribution in [2.75, 3.05) is 51.3 Å². The molecule has 160 valence electrons. The number of nitrogens with zero attached hydrogens (tertiary/aromatic N) is 3. The number of benzene rings is 1. The van der Waals surface area contributed by atoms with Crippen molar-refractivity contribution < 1.29 is 17.9 Å². The van der Waals surface area contributed by atoms with Crippen molar-refractivity contribution in [2.24, 2.45) is 4.99 Å². The van der Waals surface area contributed by atoms with Gasteiger partial charge in [-0.1, -0.05) is 0 Å². The largest absolute Gasteiger partial charge is 0.467 e. The van der Waals surface area contributed by atoms with Crippen LogP contribution in [0.4, 0.5) is 14.5 Å². The molecule has 1 saturated heterocycles. The number of rotatable bonds is 7. The van der Waals surface area contributed by atoms with Crippen LogP contribution in [-0.4, -0.2) is 57.2 Å². The van der Waals surface area contributed by atoms with Crippen molar-refractivity contribution >= 4 is 35.6 Å². The molecule has 1 aromatic heterocycles. The summed E-state index contributed by atoms with van der Waals surface area (Å²) < 4.78 is 38.2. The highest BCUT2D eigenvalue weighted by atomic mass is 127. The van der Waals surface area contributed by atoms with Crippen LogP contribution in [-0.2, 0) is 11.3 Å². The van der Waals surface area contributed by atoms with Gasteiger partial charge >= 0.3 is 0 Å². The van der Waals surface area contributed by atoms with E-state index in [0.717, 1.165) is 30.8 Å². The van der Waals surface area contributed by atoms with Crippen molar-refractivity contribution in [1.82, 2.24) is 10.2 Å². The van der Waals surface area contributed by atoms with Crippen LogP contribution in [0.25, 0.3) is 0 Å². The molecule has 0 amide bonds. The second-order valence-electron chi connectivity index (χ2n) is 6.53. The van der Waals surface area contributed by atoms with Crippen LogP contribution in [0, 0.1) is 11.6 Å². The Balaban J connectivity index is 0.00000300. The maximum Gasteiger partial charge on any atom is 0.193 e. The number of halogens is 3. The lowest BCUT2D eigenvalue weighted by Crippen LogP contribution is -2.52. The summed E-state index contributed by atoms with van der Waals surface area (Å²) in [4.78, 5) is 8.31. The summed E-state index contributed by atoms with van der Waals surface area (Å²) in [6, 6.07) is 7.29. The van der Waals surface area contributed by atoms with E-state index in [0.29, 0.717) is 45.1 Å². The van der Waals surface area contributed by atoms with Gasteiger partial charge in [0, 0.05) is 52.4 Å². The molecule has 0 radical (unpaired) electrons. The maximum atomic E-state index is 14.0. The molecular weight excluding hydrogens is 493 g/mol. The van der Waals surface area contributed by atoms with Crippen LogP contribution in [0.15, 0.2) is 46.0 Å². The number of piperazine rings is 1. The number of aliphatic imine (C=N–C) groups is 1. The van der Waals surface area contributed by atoms with Crippen molar-refractivity contribution in [3.63, 3.8) is 0 Å². The van der Waals surface area contributed by atoms with E-state index in [-0.39, 0.29) is 24.0 Å². The van der Waals surface area contributed by atoms with Gasteiger partial charge in [0.2, 0.25) is 0 Å². The number of furan rings is 1. The molecule has 0 saturated carbocycles. The van der Waals surface area contributed by atoms with Crippen LogP contribution in [0.1, 0.15) is 12.2 Å². The molecule has 0 spiro atoms. The van der Waals surface area contributed by atoms with E-state index < -0.39 is 11.6 Å². The molecule has 0 unspecified atom stereocenters. The minimum atomic E-state index is -0.425. The molecular formula is C20H27F2IN4O2. The lowest BCUT2D eigenvalue weighted by Gasteiger charge is -2.37. The van der Waals surface area contributed by atoms with Crippen molar-refractivity contribution in [1.29, 1.82) is 0 Å². The first-order valence-corrected chi connectivity index (χ1v) is 9.43. The zero-order valence-corrected chi connectivity index (χ0v) is 18.8. The number of ether oxygens (including phenoxy) is 1. The van der Waals surface area contributed by atoms with Gasteiger partial charge in [-0.2, -0.15) is 0 Å². The molecule has 2 aromatic rings. The van der Waals surface area contributed by atoms with Gasteiger partial charge in [-0.25, -0.2) is 8.78 Å². The predicted molar refractivity (Wildman–Crippen MR) is 120 cm³/mol. The molecule has 3 rings (SSSR count). The van der Waals surface area contributed by atoms with Crippen LogP contribution < -0.4 is 10.2 Å². The molecule has 0 atom stereocenters. The van der Waals surface area contributed by atoms with Gasteiger partial charge < -0.3 is 24.3 Å². The quantitative estimate of drug-likeness (QED) is 0.262. The minimum Gasteiger partial charge on any atom is -0.467 e. The molecule has 9 heteroatoms. The number of hydrogen-bond acceptors (Lipinski definition) is 4. The zero-order chi connectivity index (χ0) is 19.8. The molecule has 6 nitrogen and oxygen atoms in total. The lowest BCUT2D eigenvalue weighted by atomic mass is 10.2. The summed E-state index contributed by atoms with van der Waals surface area (Å²) in [6.45, 7) is 4.41. The van der Waals surface area contributed by atoms with E-state index in [1.807, 2.05) is 17.0 Å². The average Bonchev–Trinajstić information content (AvgIpc) is 3.23. The first-order valence-electron chi connectivity index (χ1n) is 9.43. The molecule has 1 fully saturated rings. The van der Waals surface area contributed by atoms with Gasteiger partial charge in [0.1, 0.15) is 24.0 Å². The molecule has 1 aromatic carbocycles. The second-order valence-corrected chi connectivity index (χ2v) is 6.53. The van der Waals surface area contributed by atoms with E-state index in [2.05, 4.69) is 15.2 Å². The monoisotopic (exact) mass is 520 g/mol. The summed E-state index contributed by atoms with van der Waals surface area (Å²) in [5.41, 5.74) is 0.316. The van der Waals surface area contributed by atoms with E-state index in [1.54, 1.807) is 13.3 Å². The molecule has 1 aliphatic heterocycles. The predicted octanol–water partition coefficient (Wildman–Crippen LogP) is 3.48. The third-order valence-corrected chi connectivity index (χ3v) is 4.61. The first kappa shape index (κ1) is 23.4. The van der Waals surface area contributed by atoms with Gasteiger partial charge in [0.15, 0.2) is 5.96 Å². The lowest BCUT2D eigenvalue weighted by molar-refractivity contribution is 0.104.